The predicted octanol–water partition coefficient (Wildman–Crippen LogP) is 3.28. The van der Waals surface area contributed by atoms with Gasteiger partial charge < -0.3 is 14.4 Å². The maximum absolute atomic E-state index is 13.0. The van der Waals surface area contributed by atoms with Crippen LogP contribution < -0.4 is 4.74 Å². The van der Waals surface area contributed by atoms with Gasteiger partial charge in [0, 0.05) is 25.9 Å². The van der Waals surface area contributed by atoms with Gasteiger partial charge in [-0.2, -0.15) is 0 Å². The van der Waals surface area contributed by atoms with Gasteiger partial charge in [-0.1, -0.05) is 42.5 Å². The van der Waals surface area contributed by atoms with Crippen molar-refractivity contribution < 1.29 is 14.3 Å². The number of benzene rings is 2. The standard InChI is InChI=1S/C23H26N2O3/c1-16-12-17(8-9-20(16)27-2)14-24-11-10-23-21(24)13-22(26)25(23)19(15-28-23)18-6-4-3-5-7-18/h3-9,12,19,21H,10-11,13-15H2,1-2H3/t19-,21+,23-/m0/s1. The zero-order chi connectivity index (χ0) is 19.3. The van der Waals surface area contributed by atoms with Crippen molar-refractivity contribution in [1.82, 2.24) is 9.80 Å². The molecule has 1 amide bonds. The van der Waals surface area contributed by atoms with Crippen LogP contribution in [0.2, 0.25) is 0 Å². The van der Waals surface area contributed by atoms with E-state index in [9.17, 15) is 4.79 Å². The number of likely N-dealkylation sites (tertiary alicyclic amines) is 1. The van der Waals surface area contributed by atoms with Gasteiger partial charge in [-0.3, -0.25) is 9.69 Å². The number of hydrogen-bond donors (Lipinski definition) is 0. The number of carbonyl (C=O) groups excluding carboxylic acids is 1. The minimum atomic E-state index is -0.459. The van der Waals surface area contributed by atoms with Crippen LogP contribution >= 0.6 is 0 Å². The Hall–Kier alpha value is -2.37. The van der Waals surface area contributed by atoms with Crippen molar-refractivity contribution in [2.45, 2.75) is 44.1 Å². The smallest absolute Gasteiger partial charge is 0.227 e. The highest BCUT2D eigenvalue weighted by atomic mass is 16.5. The Morgan fingerprint density at radius 1 is 1.21 bits per heavy atom. The second kappa shape index (κ2) is 6.61. The van der Waals surface area contributed by atoms with Crippen LogP contribution in [0, 0.1) is 6.92 Å². The summed E-state index contributed by atoms with van der Waals surface area (Å²) >= 11 is 0. The molecular formula is C23H26N2O3. The molecule has 5 heteroatoms. The van der Waals surface area contributed by atoms with Crippen molar-refractivity contribution in [3.63, 3.8) is 0 Å². The zero-order valence-electron chi connectivity index (χ0n) is 16.4. The average Bonchev–Trinajstić information content (AvgIpc) is 3.33. The maximum Gasteiger partial charge on any atom is 0.227 e. The van der Waals surface area contributed by atoms with Crippen LogP contribution in [0.15, 0.2) is 48.5 Å². The quantitative estimate of drug-likeness (QED) is 0.819. The predicted molar refractivity (Wildman–Crippen MR) is 106 cm³/mol. The van der Waals surface area contributed by atoms with E-state index in [4.69, 9.17) is 9.47 Å². The fourth-order valence-electron chi connectivity index (χ4n) is 5.31. The molecular weight excluding hydrogens is 352 g/mol. The fraction of sp³-hybridized carbons (Fsp3) is 0.435. The van der Waals surface area contributed by atoms with E-state index in [2.05, 4.69) is 36.1 Å². The first-order valence-corrected chi connectivity index (χ1v) is 10.0. The Balaban J connectivity index is 1.39. The van der Waals surface area contributed by atoms with E-state index < -0.39 is 5.72 Å². The third kappa shape index (κ3) is 2.57. The summed E-state index contributed by atoms with van der Waals surface area (Å²) in [5.74, 6) is 1.13. The SMILES string of the molecule is COc1ccc(CN2CC[C@@]34OC[C@@H](c5ccccc5)N3C(=O)C[C@@H]24)cc1C. The molecule has 3 fully saturated rings. The molecule has 3 saturated heterocycles. The van der Waals surface area contributed by atoms with Crippen LogP contribution in [0.3, 0.4) is 0 Å². The molecule has 0 bridgehead atoms. The van der Waals surface area contributed by atoms with Gasteiger partial charge in [-0.15, -0.1) is 0 Å². The number of hydrogen-bond acceptors (Lipinski definition) is 4. The van der Waals surface area contributed by atoms with Crippen molar-refractivity contribution in [2.24, 2.45) is 0 Å². The lowest BCUT2D eigenvalue weighted by Gasteiger charge is -2.33. The first kappa shape index (κ1) is 17.7. The highest BCUT2D eigenvalue weighted by molar-refractivity contribution is 5.82. The molecule has 0 N–H and O–H groups in total. The highest BCUT2D eigenvalue weighted by Gasteiger charge is 2.64. The summed E-state index contributed by atoms with van der Waals surface area (Å²) in [5.41, 5.74) is 3.09. The molecule has 0 aliphatic carbocycles. The highest BCUT2D eigenvalue weighted by Crippen LogP contribution is 2.51. The number of aryl methyl sites for hydroxylation is 1. The molecule has 0 aromatic heterocycles. The lowest BCUT2D eigenvalue weighted by atomic mass is 10.0. The Labute approximate surface area is 165 Å². The molecule has 0 unspecified atom stereocenters. The minimum absolute atomic E-state index is 0.0295. The van der Waals surface area contributed by atoms with Crippen molar-refractivity contribution in [3.05, 3.63) is 65.2 Å². The molecule has 1 spiro atoms. The fourth-order valence-corrected chi connectivity index (χ4v) is 5.31. The molecule has 0 saturated carbocycles. The largest absolute Gasteiger partial charge is 0.496 e. The van der Waals surface area contributed by atoms with Gasteiger partial charge in [-0.05, 0) is 29.7 Å². The molecule has 5 nitrogen and oxygen atoms in total. The molecule has 146 valence electrons. The lowest BCUT2D eigenvalue weighted by Crippen LogP contribution is -2.48. The van der Waals surface area contributed by atoms with Gasteiger partial charge in [0.05, 0.1) is 25.8 Å². The molecule has 2 aromatic carbocycles. The third-order valence-corrected chi connectivity index (χ3v) is 6.60. The Morgan fingerprint density at radius 2 is 2.04 bits per heavy atom. The lowest BCUT2D eigenvalue weighted by molar-refractivity contribution is -0.138. The molecule has 3 aliphatic heterocycles. The van der Waals surface area contributed by atoms with Gasteiger partial charge in [0.2, 0.25) is 5.91 Å². The van der Waals surface area contributed by atoms with E-state index >= 15 is 0 Å². The number of methoxy groups -OCH3 is 1. The van der Waals surface area contributed by atoms with Crippen LogP contribution in [0.4, 0.5) is 0 Å². The van der Waals surface area contributed by atoms with Gasteiger partial charge in [0.15, 0.2) is 5.72 Å². The van der Waals surface area contributed by atoms with Crippen molar-refractivity contribution in [3.8, 4) is 5.75 Å². The average molecular weight is 378 g/mol. The molecule has 3 aliphatic rings. The summed E-state index contributed by atoms with van der Waals surface area (Å²) in [6.07, 6.45) is 1.42. The summed E-state index contributed by atoms with van der Waals surface area (Å²) < 4.78 is 11.8. The van der Waals surface area contributed by atoms with Crippen molar-refractivity contribution in [1.29, 1.82) is 0 Å². The third-order valence-electron chi connectivity index (χ3n) is 6.60. The number of amides is 1. The van der Waals surface area contributed by atoms with Crippen LogP contribution in [0.5, 0.6) is 5.75 Å². The van der Waals surface area contributed by atoms with Gasteiger partial charge >= 0.3 is 0 Å². The van der Waals surface area contributed by atoms with E-state index in [1.807, 2.05) is 29.2 Å². The first-order chi connectivity index (χ1) is 13.6. The molecule has 0 radical (unpaired) electrons. The second-order valence-electron chi connectivity index (χ2n) is 8.09. The Morgan fingerprint density at radius 3 is 2.79 bits per heavy atom. The van der Waals surface area contributed by atoms with Crippen LogP contribution in [0.25, 0.3) is 0 Å². The summed E-state index contributed by atoms with van der Waals surface area (Å²) in [6, 6.07) is 16.8. The summed E-state index contributed by atoms with van der Waals surface area (Å²) in [5, 5.41) is 0. The van der Waals surface area contributed by atoms with Gasteiger partial charge in [-0.25, -0.2) is 0 Å². The summed E-state index contributed by atoms with van der Waals surface area (Å²) in [7, 11) is 1.70. The maximum atomic E-state index is 13.0. The minimum Gasteiger partial charge on any atom is -0.496 e. The zero-order valence-corrected chi connectivity index (χ0v) is 16.4. The number of carbonyl (C=O) groups is 1. The van der Waals surface area contributed by atoms with E-state index in [1.54, 1.807) is 7.11 Å². The number of rotatable bonds is 4. The van der Waals surface area contributed by atoms with Crippen molar-refractivity contribution in [2.75, 3.05) is 20.3 Å². The molecule has 28 heavy (non-hydrogen) atoms. The number of nitrogens with zero attached hydrogens (tertiary/aromatic N) is 2. The Kier molecular flexibility index (Phi) is 4.18. The normalized spacial score (nSPS) is 29.2. The molecule has 3 heterocycles. The van der Waals surface area contributed by atoms with E-state index in [0.717, 1.165) is 36.4 Å². The Bertz CT molecular complexity index is 900. The molecule has 3 atom stereocenters. The van der Waals surface area contributed by atoms with Crippen LogP contribution in [-0.2, 0) is 16.1 Å². The van der Waals surface area contributed by atoms with Crippen LogP contribution in [-0.4, -0.2) is 47.7 Å². The van der Waals surface area contributed by atoms with E-state index in [0.29, 0.717) is 13.0 Å². The summed E-state index contributed by atoms with van der Waals surface area (Å²) in [4.78, 5) is 17.5. The van der Waals surface area contributed by atoms with Crippen molar-refractivity contribution >= 4 is 5.91 Å². The number of ether oxygens (including phenoxy) is 2. The second-order valence-corrected chi connectivity index (χ2v) is 8.09. The van der Waals surface area contributed by atoms with Crippen LogP contribution in [0.1, 0.15) is 35.6 Å². The monoisotopic (exact) mass is 378 g/mol. The van der Waals surface area contributed by atoms with Gasteiger partial charge in [0.25, 0.3) is 0 Å². The molecule has 2 aromatic rings. The first-order valence-electron chi connectivity index (χ1n) is 10.0. The van der Waals surface area contributed by atoms with Gasteiger partial charge in [0.1, 0.15) is 5.75 Å². The van der Waals surface area contributed by atoms with E-state index in [-0.39, 0.29) is 18.0 Å². The summed E-state index contributed by atoms with van der Waals surface area (Å²) in [6.45, 7) is 4.43. The van der Waals surface area contributed by atoms with E-state index in [1.165, 1.54) is 5.56 Å². The molecule has 5 rings (SSSR count). The topological polar surface area (TPSA) is 42.0 Å².